The van der Waals surface area contributed by atoms with E-state index in [1.54, 1.807) is 0 Å². The van der Waals surface area contributed by atoms with Gasteiger partial charge in [-0.25, -0.2) is 0 Å². The first-order chi connectivity index (χ1) is 27.3. The van der Waals surface area contributed by atoms with Crippen LogP contribution in [0, 0.1) is 0 Å². The van der Waals surface area contributed by atoms with Crippen molar-refractivity contribution in [2.24, 2.45) is 0 Å². The van der Waals surface area contributed by atoms with Gasteiger partial charge in [-0.3, -0.25) is 0 Å². The maximum Gasteiger partial charge on any atom is 0.0726 e. The molecule has 0 aliphatic heterocycles. The normalized spacial score (nSPS) is 15.9. The van der Waals surface area contributed by atoms with Crippen LogP contribution in [-0.4, -0.2) is 0 Å². The standard InChI is InChI=1S/C55H41N/c1-53(2)43-21-10-5-16-36(43)40-30-28-34(32-49(40)53)56(35-29-31-41-37-17-6-11-22-44(37)54(3,4)50(41)33-35)51-27-15-26-48-52(51)42-20-9-14-25-47(42)55(48)45-23-12-7-18-38(45)39-19-8-13-24-46(39)55/h5-33H,1-4H3. The van der Waals surface area contributed by atoms with Crippen LogP contribution in [0.4, 0.5) is 17.1 Å². The van der Waals surface area contributed by atoms with E-state index in [2.05, 4.69) is 209 Å². The third-order valence-corrected chi connectivity index (χ3v) is 13.9. The highest BCUT2D eigenvalue weighted by molar-refractivity contribution is 6.01. The molecule has 8 aromatic rings. The second-order valence-electron chi connectivity index (χ2n) is 17.2. The first-order valence-electron chi connectivity index (χ1n) is 20.0. The van der Waals surface area contributed by atoms with Crippen LogP contribution in [0.2, 0.25) is 0 Å². The molecule has 0 saturated heterocycles. The van der Waals surface area contributed by atoms with Crippen LogP contribution in [0.5, 0.6) is 0 Å². The molecule has 1 heteroatoms. The monoisotopic (exact) mass is 715 g/mol. The Labute approximate surface area is 329 Å². The first-order valence-corrected chi connectivity index (χ1v) is 20.0. The van der Waals surface area contributed by atoms with Gasteiger partial charge in [0.05, 0.1) is 11.1 Å². The molecule has 8 aromatic carbocycles. The average molecular weight is 716 g/mol. The minimum Gasteiger partial charge on any atom is -0.310 e. The maximum atomic E-state index is 2.57. The number of rotatable bonds is 3. The zero-order valence-electron chi connectivity index (χ0n) is 32.2. The summed E-state index contributed by atoms with van der Waals surface area (Å²) in [6.07, 6.45) is 0. The van der Waals surface area contributed by atoms with E-state index in [0.29, 0.717) is 0 Å². The molecule has 0 fully saturated rings. The molecule has 0 unspecified atom stereocenters. The Kier molecular flexibility index (Phi) is 6.18. The second kappa shape index (κ2) is 10.9. The molecule has 0 N–H and O–H groups in total. The van der Waals surface area contributed by atoms with E-state index in [9.17, 15) is 0 Å². The fraction of sp³-hybridized carbons (Fsp3) is 0.127. The van der Waals surface area contributed by atoms with Crippen LogP contribution in [0.3, 0.4) is 0 Å². The van der Waals surface area contributed by atoms with Gasteiger partial charge in [0.1, 0.15) is 0 Å². The summed E-state index contributed by atoms with van der Waals surface area (Å²) < 4.78 is 0. The Bertz CT molecular complexity index is 2840. The zero-order valence-corrected chi connectivity index (χ0v) is 32.2. The molecule has 0 atom stereocenters. The van der Waals surface area contributed by atoms with E-state index in [4.69, 9.17) is 0 Å². The molecule has 0 radical (unpaired) electrons. The summed E-state index contributed by atoms with van der Waals surface area (Å²) in [5, 5.41) is 0. The van der Waals surface area contributed by atoms with Gasteiger partial charge in [0.15, 0.2) is 0 Å². The number of hydrogen-bond donors (Lipinski definition) is 0. The van der Waals surface area contributed by atoms with Gasteiger partial charge in [-0.2, -0.15) is 0 Å². The van der Waals surface area contributed by atoms with Gasteiger partial charge in [0.25, 0.3) is 0 Å². The summed E-state index contributed by atoms with van der Waals surface area (Å²) in [6.45, 7) is 9.54. The molecule has 4 aliphatic rings. The Morgan fingerprint density at radius 1 is 0.304 bits per heavy atom. The maximum absolute atomic E-state index is 2.57. The topological polar surface area (TPSA) is 3.24 Å². The van der Waals surface area contributed by atoms with E-state index >= 15 is 0 Å². The van der Waals surface area contributed by atoms with Crippen molar-refractivity contribution in [3.63, 3.8) is 0 Å². The van der Waals surface area contributed by atoms with E-state index in [-0.39, 0.29) is 10.8 Å². The second-order valence-corrected chi connectivity index (χ2v) is 17.2. The summed E-state index contributed by atoms with van der Waals surface area (Å²) in [5.41, 5.74) is 24.5. The highest BCUT2D eigenvalue weighted by atomic mass is 15.1. The lowest BCUT2D eigenvalue weighted by atomic mass is 9.70. The summed E-state index contributed by atoms with van der Waals surface area (Å²) in [5.74, 6) is 0. The smallest absolute Gasteiger partial charge is 0.0726 e. The molecule has 0 saturated carbocycles. The Hall–Kier alpha value is -6.44. The third-order valence-electron chi connectivity index (χ3n) is 13.9. The van der Waals surface area contributed by atoms with Crippen molar-refractivity contribution in [3.05, 3.63) is 220 Å². The van der Waals surface area contributed by atoms with Crippen molar-refractivity contribution >= 4 is 17.1 Å². The molecule has 56 heavy (non-hydrogen) atoms. The minimum atomic E-state index is -0.413. The molecular formula is C55H41N. The van der Waals surface area contributed by atoms with Gasteiger partial charge < -0.3 is 4.90 Å². The quantitative estimate of drug-likeness (QED) is 0.176. The number of hydrogen-bond acceptors (Lipinski definition) is 1. The van der Waals surface area contributed by atoms with Crippen LogP contribution < -0.4 is 4.90 Å². The summed E-state index contributed by atoms with van der Waals surface area (Å²) in [6, 6.07) is 66.8. The molecule has 0 bridgehead atoms. The molecule has 266 valence electrons. The summed E-state index contributed by atoms with van der Waals surface area (Å²) in [4.78, 5) is 2.57. The van der Waals surface area contributed by atoms with Gasteiger partial charge in [-0.05, 0) is 114 Å². The van der Waals surface area contributed by atoms with E-state index in [1.807, 2.05) is 0 Å². The molecular weight excluding hydrogens is 675 g/mol. The highest BCUT2D eigenvalue weighted by Gasteiger charge is 2.52. The van der Waals surface area contributed by atoms with E-state index in [0.717, 1.165) is 0 Å². The van der Waals surface area contributed by atoms with Crippen LogP contribution in [0.1, 0.15) is 72.2 Å². The lowest BCUT2D eigenvalue weighted by molar-refractivity contribution is 0.660. The van der Waals surface area contributed by atoms with Crippen molar-refractivity contribution < 1.29 is 0 Å². The van der Waals surface area contributed by atoms with Crippen molar-refractivity contribution in [1.29, 1.82) is 0 Å². The Morgan fingerprint density at radius 2 is 0.661 bits per heavy atom. The SMILES string of the molecule is CC1(C)c2ccccc2-c2ccc(N(c3ccc4c(c3)C(C)(C)c3ccccc3-4)c3cccc4c3-c3ccccc3C43c4ccccc4-c4ccccc43)cc21. The lowest BCUT2D eigenvalue weighted by Crippen LogP contribution is -2.26. The Balaban J connectivity index is 1.15. The number of benzene rings is 8. The molecule has 0 amide bonds. The lowest BCUT2D eigenvalue weighted by Gasteiger charge is -2.33. The van der Waals surface area contributed by atoms with Crippen molar-refractivity contribution in [1.82, 2.24) is 0 Å². The zero-order chi connectivity index (χ0) is 37.6. The van der Waals surface area contributed by atoms with Crippen molar-refractivity contribution in [2.75, 3.05) is 4.90 Å². The van der Waals surface area contributed by atoms with E-state index in [1.165, 1.54) is 106 Å². The van der Waals surface area contributed by atoms with Gasteiger partial charge in [0, 0.05) is 27.8 Å². The van der Waals surface area contributed by atoms with Gasteiger partial charge in [-0.1, -0.05) is 173 Å². The minimum absolute atomic E-state index is 0.123. The summed E-state index contributed by atoms with van der Waals surface area (Å²) in [7, 11) is 0. The molecule has 1 nitrogen and oxygen atoms in total. The molecule has 0 heterocycles. The fourth-order valence-corrected chi connectivity index (χ4v) is 11.4. The first kappa shape index (κ1) is 31.9. The van der Waals surface area contributed by atoms with Gasteiger partial charge >= 0.3 is 0 Å². The van der Waals surface area contributed by atoms with Crippen molar-refractivity contribution in [3.8, 4) is 44.5 Å². The Morgan fingerprint density at radius 3 is 1.14 bits per heavy atom. The fourth-order valence-electron chi connectivity index (χ4n) is 11.4. The predicted octanol–water partition coefficient (Wildman–Crippen LogP) is 14.1. The van der Waals surface area contributed by atoms with Crippen LogP contribution in [0.15, 0.2) is 176 Å². The van der Waals surface area contributed by atoms with Crippen LogP contribution in [0.25, 0.3) is 44.5 Å². The van der Waals surface area contributed by atoms with Crippen LogP contribution >= 0.6 is 0 Å². The molecule has 12 rings (SSSR count). The summed E-state index contributed by atoms with van der Waals surface area (Å²) >= 11 is 0. The molecule has 0 aromatic heterocycles. The van der Waals surface area contributed by atoms with Gasteiger partial charge in [0.2, 0.25) is 0 Å². The number of anilines is 3. The van der Waals surface area contributed by atoms with E-state index < -0.39 is 5.41 Å². The molecule has 1 spiro atoms. The van der Waals surface area contributed by atoms with Gasteiger partial charge in [-0.15, -0.1) is 0 Å². The van der Waals surface area contributed by atoms with Crippen LogP contribution in [-0.2, 0) is 16.2 Å². The third kappa shape index (κ3) is 3.81. The average Bonchev–Trinajstić information content (AvgIpc) is 3.87. The largest absolute Gasteiger partial charge is 0.310 e. The number of nitrogens with zero attached hydrogens (tertiary/aromatic N) is 1. The van der Waals surface area contributed by atoms with Crippen molar-refractivity contribution in [2.45, 2.75) is 43.9 Å². The predicted molar refractivity (Wildman–Crippen MR) is 233 cm³/mol. The molecule has 4 aliphatic carbocycles. The number of fused-ring (bicyclic) bond motifs is 16. The highest BCUT2D eigenvalue weighted by Crippen LogP contribution is 2.65.